The zero-order valence-corrected chi connectivity index (χ0v) is 20.7. The van der Waals surface area contributed by atoms with E-state index in [9.17, 15) is 13.2 Å². The largest absolute Gasteiger partial charge is 0.495 e. The summed E-state index contributed by atoms with van der Waals surface area (Å²) in [7, 11) is -2.51. The Balaban J connectivity index is 1.67. The number of ether oxygens (including phenoxy) is 1. The molecule has 0 bridgehead atoms. The van der Waals surface area contributed by atoms with E-state index in [1.54, 1.807) is 30.3 Å². The molecule has 0 spiro atoms. The molecule has 7 nitrogen and oxygen atoms in total. The lowest BCUT2D eigenvalue weighted by atomic mass is 10.0. The van der Waals surface area contributed by atoms with E-state index in [1.165, 1.54) is 32.1 Å². The summed E-state index contributed by atoms with van der Waals surface area (Å²) in [4.78, 5) is 15.2. The van der Waals surface area contributed by atoms with Crippen LogP contribution in [0.25, 0.3) is 0 Å². The average molecular weight is 494 g/mol. The molecule has 1 heterocycles. The molecule has 1 fully saturated rings. The number of hydrogen-bond donors (Lipinski definition) is 2. The number of benzene rings is 2. The van der Waals surface area contributed by atoms with Gasteiger partial charge in [-0.2, -0.15) is 0 Å². The summed E-state index contributed by atoms with van der Waals surface area (Å²) in [5.74, 6) is -0.0989. The van der Waals surface area contributed by atoms with Gasteiger partial charge in [-0.1, -0.05) is 37.1 Å². The molecule has 2 aromatic rings. The maximum atomic E-state index is 13.0. The summed E-state index contributed by atoms with van der Waals surface area (Å²) < 4.78 is 33.8. The van der Waals surface area contributed by atoms with E-state index < -0.39 is 10.0 Å². The second-order valence-corrected chi connectivity index (χ2v) is 10.4. The van der Waals surface area contributed by atoms with Gasteiger partial charge in [0.1, 0.15) is 10.6 Å². The van der Waals surface area contributed by atoms with Crippen LogP contribution in [-0.2, 0) is 16.6 Å². The Morgan fingerprint density at radius 3 is 2.48 bits per heavy atom. The summed E-state index contributed by atoms with van der Waals surface area (Å²) in [5, 5.41) is 3.63. The van der Waals surface area contributed by atoms with Gasteiger partial charge in [-0.15, -0.1) is 0 Å². The lowest BCUT2D eigenvalue weighted by Crippen LogP contribution is -2.44. The lowest BCUT2D eigenvalue weighted by molar-refractivity contribution is 0.0910. The molecule has 0 radical (unpaired) electrons. The van der Waals surface area contributed by atoms with Gasteiger partial charge in [-0.05, 0) is 61.7 Å². The number of unbranched alkanes of at least 4 members (excludes halogenated alkanes) is 1. The van der Waals surface area contributed by atoms with Crippen LogP contribution in [-0.4, -0.2) is 52.0 Å². The quantitative estimate of drug-likeness (QED) is 0.525. The fraction of sp³-hybridized carbons (Fsp3) is 0.458. The van der Waals surface area contributed by atoms with Gasteiger partial charge in [0, 0.05) is 36.3 Å². The summed E-state index contributed by atoms with van der Waals surface area (Å²) in [5.41, 5.74) is 1.05. The van der Waals surface area contributed by atoms with E-state index >= 15 is 0 Å². The van der Waals surface area contributed by atoms with Crippen molar-refractivity contribution in [2.24, 2.45) is 0 Å². The van der Waals surface area contributed by atoms with Gasteiger partial charge >= 0.3 is 0 Å². The molecule has 9 heteroatoms. The highest BCUT2D eigenvalue weighted by Gasteiger charge is 2.24. The van der Waals surface area contributed by atoms with Gasteiger partial charge < -0.3 is 15.0 Å². The molecule has 0 unspecified atom stereocenters. The molecule has 1 aliphatic heterocycles. The van der Waals surface area contributed by atoms with Gasteiger partial charge in [0.15, 0.2) is 0 Å². The van der Waals surface area contributed by atoms with Crippen LogP contribution in [0.1, 0.15) is 48.5 Å². The van der Waals surface area contributed by atoms with E-state index in [0.29, 0.717) is 5.02 Å². The Morgan fingerprint density at radius 1 is 1.15 bits per heavy atom. The van der Waals surface area contributed by atoms with Gasteiger partial charge in [0.05, 0.1) is 7.11 Å². The minimum absolute atomic E-state index is 0.0685. The first-order valence-corrected chi connectivity index (χ1v) is 13.1. The summed E-state index contributed by atoms with van der Waals surface area (Å²) in [6, 6.07) is 11.5. The summed E-state index contributed by atoms with van der Waals surface area (Å²) >= 11 is 5.89. The second-order valence-electron chi connectivity index (χ2n) is 8.26. The molecule has 1 amide bonds. The first kappa shape index (κ1) is 25.5. The lowest BCUT2D eigenvalue weighted by Gasteiger charge is -2.32. The molecule has 3 rings (SSSR count). The normalized spacial score (nSPS) is 15.4. The van der Waals surface area contributed by atoms with Crippen LogP contribution in [0.2, 0.25) is 5.02 Å². The van der Waals surface area contributed by atoms with Crippen LogP contribution in [0.15, 0.2) is 47.4 Å². The number of carbonyl (C=O) groups excluding carboxylic acids is 1. The van der Waals surface area contributed by atoms with Crippen molar-refractivity contribution in [2.75, 3.05) is 26.7 Å². The Bertz CT molecular complexity index is 1040. The number of hydrogen-bond acceptors (Lipinski definition) is 5. The van der Waals surface area contributed by atoms with Crippen molar-refractivity contribution in [1.82, 2.24) is 14.9 Å². The van der Waals surface area contributed by atoms with Crippen molar-refractivity contribution in [3.8, 4) is 5.75 Å². The van der Waals surface area contributed by atoms with Gasteiger partial charge in [-0.3, -0.25) is 4.79 Å². The van der Waals surface area contributed by atoms with Crippen LogP contribution in [0.5, 0.6) is 5.75 Å². The number of sulfonamides is 1. The number of piperidine rings is 1. The predicted molar refractivity (Wildman–Crippen MR) is 130 cm³/mol. The molecule has 0 atom stereocenters. The number of carbonyl (C=O) groups is 1. The minimum Gasteiger partial charge on any atom is -0.495 e. The van der Waals surface area contributed by atoms with Crippen molar-refractivity contribution < 1.29 is 17.9 Å². The molecule has 1 saturated heterocycles. The highest BCUT2D eigenvalue weighted by Crippen LogP contribution is 2.25. The minimum atomic E-state index is -3.91. The summed E-state index contributed by atoms with van der Waals surface area (Å²) in [6.45, 7) is 5.29. The zero-order chi connectivity index (χ0) is 23.8. The number of halogens is 1. The van der Waals surface area contributed by atoms with Crippen LogP contribution in [0.4, 0.5) is 0 Å². The monoisotopic (exact) mass is 493 g/mol. The zero-order valence-electron chi connectivity index (χ0n) is 19.1. The third-order valence-electron chi connectivity index (χ3n) is 5.85. The van der Waals surface area contributed by atoms with Crippen LogP contribution in [0, 0.1) is 0 Å². The molecule has 2 aromatic carbocycles. The topological polar surface area (TPSA) is 87.7 Å². The van der Waals surface area contributed by atoms with Crippen LogP contribution < -0.4 is 14.8 Å². The Hall–Kier alpha value is -2.13. The van der Waals surface area contributed by atoms with Crippen LogP contribution >= 0.6 is 11.6 Å². The molecule has 180 valence electrons. The van der Waals surface area contributed by atoms with E-state index in [4.69, 9.17) is 16.3 Å². The van der Waals surface area contributed by atoms with Crippen molar-refractivity contribution in [1.29, 1.82) is 0 Å². The standard InChI is InChI=1S/C24H32ClN3O4S/c1-3-4-13-28-14-11-21(12-15-28)27-24(29)19-7-10-22(32-2)23(16-19)33(30,31)26-17-18-5-8-20(25)9-6-18/h5-10,16,21,26H,3-4,11-15,17H2,1-2H3,(H,27,29). The van der Waals surface area contributed by atoms with Crippen molar-refractivity contribution in [2.45, 2.75) is 50.1 Å². The molecule has 0 aliphatic carbocycles. The Morgan fingerprint density at radius 2 is 1.85 bits per heavy atom. The van der Waals surface area contributed by atoms with E-state index in [-0.39, 0.29) is 34.7 Å². The molecule has 0 saturated carbocycles. The Labute approximate surface area is 201 Å². The second kappa shape index (κ2) is 11.8. The SMILES string of the molecule is CCCCN1CCC(NC(=O)c2ccc(OC)c(S(=O)(=O)NCc3ccc(Cl)cc3)c2)CC1. The molecule has 33 heavy (non-hydrogen) atoms. The molecule has 1 aliphatic rings. The molecule has 2 N–H and O–H groups in total. The first-order valence-electron chi connectivity index (χ1n) is 11.3. The molecular weight excluding hydrogens is 462 g/mol. The number of nitrogens with one attached hydrogen (secondary N) is 2. The van der Waals surface area contributed by atoms with E-state index in [1.807, 2.05) is 0 Å². The third-order valence-corrected chi connectivity index (χ3v) is 7.52. The third kappa shape index (κ3) is 7.17. The van der Waals surface area contributed by atoms with Crippen molar-refractivity contribution >= 4 is 27.5 Å². The van der Waals surface area contributed by atoms with Gasteiger partial charge in [0.2, 0.25) is 10.0 Å². The first-order chi connectivity index (χ1) is 15.8. The molecule has 0 aromatic heterocycles. The fourth-order valence-corrected chi connectivity index (χ4v) is 5.17. The number of likely N-dealkylation sites (tertiary alicyclic amines) is 1. The number of rotatable bonds is 10. The fourth-order valence-electron chi connectivity index (χ4n) is 3.84. The average Bonchev–Trinajstić information content (AvgIpc) is 2.83. The van der Waals surface area contributed by atoms with Crippen molar-refractivity contribution in [3.63, 3.8) is 0 Å². The van der Waals surface area contributed by atoms with Crippen molar-refractivity contribution in [3.05, 3.63) is 58.6 Å². The maximum absolute atomic E-state index is 13.0. The highest BCUT2D eigenvalue weighted by molar-refractivity contribution is 7.89. The number of amides is 1. The predicted octanol–water partition coefficient (Wildman–Crippen LogP) is 3.82. The number of nitrogens with zero attached hydrogens (tertiary/aromatic N) is 1. The number of methoxy groups -OCH3 is 1. The highest BCUT2D eigenvalue weighted by atomic mass is 35.5. The van der Waals surface area contributed by atoms with E-state index in [0.717, 1.165) is 38.0 Å². The Kier molecular flexibility index (Phi) is 9.14. The van der Waals surface area contributed by atoms with E-state index in [2.05, 4.69) is 21.9 Å². The smallest absolute Gasteiger partial charge is 0.251 e. The summed E-state index contributed by atoms with van der Waals surface area (Å²) in [6.07, 6.45) is 4.14. The molecular formula is C24H32ClN3O4S. The van der Waals surface area contributed by atoms with Crippen LogP contribution in [0.3, 0.4) is 0 Å². The maximum Gasteiger partial charge on any atom is 0.251 e. The van der Waals surface area contributed by atoms with Gasteiger partial charge in [-0.25, -0.2) is 13.1 Å². The van der Waals surface area contributed by atoms with Gasteiger partial charge in [0.25, 0.3) is 5.91 Å².